The molecule has 0 fully saturated rings. The molecule has 5 nitrogen and oxygen atoms in total. The van der Waals surface area contributed by atoms with Crippen molar-refractivity contribution < 1.29 is 4.42 Å². The van der Waals surface area contributed by atoms with E-state index in [1.807, 2.05) is 6.07 Å². The van der Waals surface area contributed by atoms with E-state index in [1.54, 1.807) is 0 Å². The third-order valence-corrected chi connectivity index (χ3v) is 11.5. The maximum atomic E-state index is 6.95. The highest BCUT2D eigenvalue weighted by molar-refractivity contribution is 6.19. The SMILES string of the molecule is C1=Cc2oc3c(-n4c5ccccc5c5cc6c(cc54)c4ccccc4n6-c4ccccc4)cccc3c2C(c2nc(-c3ccccc3)c3ccccc3n2)C1. The minimum absolute atomic E-state index is 0.0644. The van der Waals surface area contributed by atoms with Crippen LogP contribution < -0.4 is 0 Å². The van der Waals surface area contributed by atoms with Crippen molar-refractivity contribution in [3.63, 3.8) is 0 Å². The summed E-state index contributed by atoms with van der Waals surface area (Å²) >= 11 is 0. The number of para-hydroxylation sites is 5. The van der Waals surface area contributed by atoms with Crippen LogP contribution in [-0.2, 0) is 0 Å². The van der Waals surface area contributed by atoms with Crippen molar-refractivity contribution in [3.05, 3.63) is 187 Å². The van der Waals surface area contributed by atoms with Gasteiger partial charge in [-0.3, -0.25) is 0 Å². The molecule has 1 aliphatic carbocycles. The second-order valence-electron chi connectivity index (χ2n) is 14.5. The minimum atomic E-state index is -0.0644. The number of benzene rings is 7. The molecule has 11 aromatic rings. The Hall–Kier alpha value is -7.24. The van der Waals surface area contributed by atoms with Crippen molar-refractivity contribution in [1.82, 2.24) is 19.1 Å². The molecule has 55 heavy (non-hydrogen) atoms. The average Bonchev–Trinajstić information content (AvgIpc) is 3.90. The summed E-state index contributed by atoms with van der Waals surface area (Å²) in [6.07, 6.45) is 5.12. The number of aromatic nitrogens is 4. The lowest BCUT2D eigenvalue weighted by Crippen LogP contribution is -2.10. The molecule has 0 N–H and O–H groups in total. The van der Waals surface area contributed by atoms with Crippen molar-refractivity contribution in [2.75, 3.05) is 0 Å². The molecule has 4 aromatic heterocycles. The quantitative estimate of drug-likeness (QED) is 0.183. The highest BCUT2D eigenvalue weighted by atomic mass is 16.3. The molecule has 1 aliphatic rings. The Kier molecular flexibility index (Phi) is 6.39. The van der Waals surface area contributed by atoms with Gasteiger partial charge in [0.2, 0.25) is 0 Å². The summed E-state index contributed by atoms with van der Waals surface area (Å²) in [5.41, 5.74) is 11.8. The smallest absolute Gasteiger partial charge is 0.159 e. The highest BCUT2D eigenvalue weighted by Crippen LogP contribution is 2.45. The molecule has 0 amide bonds. The van der Waals surface area contributed by atoms with E-state index >= 15 is 0 Å². The molecule has 0 radical (unpaired) electrons. The Morgan fingerprint density at radius 1 is 0.509 bits per heavy atom. The first-order valence-corrected chi connectivity index (χ1v) is 18.9. The van der Waals surface area contributed by atoms with Crippen LogP contribution in [0.25, 0.3) is 94.2 Å². The first-order valence-electron chi connectivity index (χ1n) is 18.9. The topological polar surface area (TPSA) is 48.8 Å². The zero-order valence-corrected chi connectivity index (χ0v) is 29.7. The lowest BCUT2D eigenvalue weighted by Gasteiger charge is -2.19. The maximum absolute atomic E-state index is 6.95. The van der Waals surface area contributed by atoms with Crippen molar-refractivity contribution >= 4 is 71.6 Å². The lowest BCUT2D eigenvalue weighted by atomic mass is 9.88. The van der Waals surface area contributed by atoms with E-state index in [1.165, 1.54) is 32.6 Å². The standard InChI is InChI=1S/C50H32N4O/c1-3-15-31(16-4-1)48-35-21-7-10-24-40(35)51-50(52-48)37-23-14-28-46-47(37)36-22-13-27-43(49(36)55-46)54-42-26-12-9-20-34(42)39-29-44-38(30-45(39)54)33-19-8-11-25-41(33)53(44)32-17-5-2-6-18-32/h1-22,24-30,37H,23H2. The molecule has 1 unspecified atom stereocenters. The molecule has 0 saturated carbocycles. The summed E-state index contributed by atoms with van der Waals surface area (Å²) in [5, 5.41) is 6.99. The predicted molar refractivity (Wildman–Crippen MR) is 225 cm³/mol. The molecule has 7 aromatic carbocycles. The molecule has 12 rings (SSSR count). The van der Waals surface area contributed by atoms with Crippen LogP contribution in [0.2, 0.25) is 0 Å². The van der Waals surface area contributed by atoms with Gasteiger partial charge in [-0.2, -0.15) is 0 Å². The van der Waals surface area contributed by atoms with E-state index in [0.717, 1.165) is 79.1 Å². The van der Waals surface area contributed by atoms with Gasteiger partial charge in [0, 0.05) is 49.1 Å². The number of furan rings is 1. The van der Waals surface area contributed by atoms with Crippen LogP contribution >= 0.6 is 0 Å². The summed E-state index contributed by atoms with van der Waals surface area (Å²) in [6, 6.07) is 58.2. The van der Waals surface area contributed by atoms with Gasteiger partial charge in [0.1, 0.15) is 11.6 Å². The first kappa shape index (κ1) is 30.2. The van der Waals surface area contributed by atoms with Crippen LogP contribution in [0.15, 0.2) is 174 Å². The molecular formula is C50H32N4O. The molecule has 0 bridgehead atoms. The summed E-state index contributed by atoms with van der Waals surface area (Å²) < 4.78 is 11.7. The number of nitrogens with zero attached hydrogens (tertiary/aromatic N) is 4. The average molecular weight is 705 g/mol. The van der Waals surface area contributed by atoms with E-state index in [4.69, 9.17) is 14.4 Å². The van der Waals surface area contributed by atoms with Gasteiger partial charge in [-0.05, 0) is 61.0 Å². The minimum Gasteiger partial charge on any atom is -0.454 e. The molecule has 4 heterocycles. The summed E-state index contributed by atoms with van der Waals surface area (Å²) in [6.45, 7) is 0. The van der Waals surface area contributed by atoms with Crippen LogP contribution in [-0.4, -0.2) is 19.1 Å². The molecule has 1 atom stereocenters. The van der Waals surface area contributed by atoms with Crippen LogP contribution in [0, 0.1) is 0 Å². The normalized spacial score (nSPS) is 14.2. The lowest BCUT2D eigenvalue weighted by molar-refractivity contribution is 0.585. The van der Waals surface area contributed by atoms with Gasteiger partial charge in [0.15, 0.2) is 5.58 Å². The van der Waals surface area contributed by atoms with Gasteiger partial charge >= 0.3 is 0 Å². The summed E-state index contributed by atoms with van der Waals surface area (Å²) in [5.74, 6) is 1.61. The number of fused-ring (bicyclic) bond motifs is 10. The monoisotopic (exact) mass is 704 g/mol. The molecule has 258 valence electrons. The second kappa shape index (κ2) is 11.6. The second-order valence-corrected chi connectivity index (χ2v) is 14.5. The molecule has 0 spiro atoms. The van der Waals surface area contributed by atoms with Crippen molar-refractivity contribution in [2.24, 2.45) is 0 Å². The van der Waals surface area contributed by atoms with Gasteiger partial charge in [-0.25, -0.2) is 9.97 Å². The highest BCUT2D eigenvalue weighted by Gasteiger charge is 2.30. The Bertz CT molecular complexity index is 3350. The van der Waals surface area contributed by atoms with E-state index in [0.29, 0.717) is 0 Å². The Labute approximate surface area is 316 Å². The third kappa shape index (κ3) is 4.41. The Balaban J connectivity index is 1.10. The maximum Gasteiger partial charge on any atom is 0.159 e. The van der Waals surface area contributed by atoms with Crippen LogP contribution in [0.1, 0.15) is 29.5 Å². The first-order chi connectivity index (χ1) is 27.3. The zero-order chi connectivity index (χ0) is 36.0. The molecule has 0 saturated heterocycles. The number of rotatable bonds is 4. The molecular weight excluding hydrogens is 673 g/mol. The fourth-order valence-corrected chi connectivity index (χ4v) is 9.08. The number of allylic oxidation sites excluding steroid dienone is 1. The van der Waals surface area contributed by atoms with E-state index in [9.17, 15) is 0 Å². The zero-order valence-electron chi connectivity index (χ0n) is 29.7. The van der Waals surface area contributed by atoms with Gasteiger partial charge in [-0.15, -0.1) is 0 Å². The fourth-order valence-electron chi connectivity index (χ4n) is 9.08. The molecule has 5 heteroatoms. The molecule has 0 aliphatic heterocycles. The summed E-state index contributed by atoms with van der Waals surface area (Å²) in [4.78, 5) is 10.5. The fraction of sp³-hybridized carbons (Fsp3) is 0.0400. The van der Waals surface area contributed by atoms with Gasteiger partial charge in [-0.1, -0.05) is 121 Å². The largest absolute Gasteiger partial charge is 0.454 e. The van der Waals surface area contributed by atoms with E-state index in [2.05, 4.69) is 179 Å². The third-order valence-electron chi connectivity index (χ3n) is 11.5. The summed E-state index contributed by atoms with van der Waals surface area (Å²) in [7, 11) is 0. The number of hydrogen-bond donors (Lipinski definition) is 0. The van der Waals surface area contributed by atoms with Gasteiger partial charge < -0.3 is 13.6 Å². The predicted octanol–water partition coefficient (Wildman–Crippen LogP) is 12.8. The van der Waals surface area contributed by atoms with Gasteiger partial charge in [0.05, 0.1) is 44.9 Å². The van der Waals surface area contributed by atoms with Crippen molar-refractivity contribution in [3.8, 4) is 22.6 Å². The van der Waals surface area contributed by atoms with E-state index < -0.39 is 0 Å². The number of hydrogen-bond acceptors (Lipinski definition) is 3. The Morgan fingerprint density at radius 3 is 1.89 bits per heavy atom. The van der Waals surface area contributed by atoms with Gasteiger partial charge in [0.25, 0.3) is 0 Å². The van der Waals surface area contributed by atoms with Crippen molar-refractivity contribution in [1.29, 1.82) is 0 Å². The van der Waals surface area contributed by atoms with Crippen molar-refractivity contribution in [2.45, 2.75) is 12.3 Å². The van der Waals surface area contributed by atoms with E-state index in [-0.39, 0.29) is 5.92 Å². The van der Waals surface area contributed by atoms with Crippen LogP contribution in [0.3, 0.4) is 0 Å². The Morgan fingerprint density at radius 2 is 1.13 bits per heavy atom. The van der Waals surface area contributed by atoms with Crippen LogP contribution in [0.5, 0.6) is 0 Å². The van der Waals surface area contributed by atoms with Crippen LogP contribution in [0.4, 0.5) is 0 Å².